The van der Waals surface area contributed by atoms with Crippen molar-refractivity contribution in [1.82, 2.24) is 15.6 Å². The maximum absolute atomic E-state index is 11.7. The topological polar surface area (TPSA) is 56.9 Å². The molecule has 0 atom stereocenters. The normalized spacial score (nSPS) is 19.1. The van der Waals surface area contributed by atoms with E-state index < -0.39 is 0 Å². The van der Waals surface area contributed by atoms with Crippen molar-refractivity contribution in [3.8, 4) is 0 Å². The minimum atomic E-state index is 0.102. The molecule has 0 fully saturated rings. The number of aromatic nitrogens is 1. The van der Waals surface area contributed by atoms with Crippen molar-refractivity contribution in [3.63, 3.8) is 0 Å². The number of aromatic amines is 1. The molecule has 0 spiro atoms. The molecule has 0 bridgehead atoms. The molecule has 0 amide bonds. The van der Waals surface area contributed by atoms with Gasteiger partial charge >= 0.3 is 0 Å². The van der Waals surface area contributed by atoms with Crippen molar-refractivity contribution >= 4 is 0 Å². The Morgan fingerprint density at radius 1 is 0.929 bits per heavy atom. The molecule has 3 rings (SSSR count). The molecule has 74 valence electrons. The molecule has 0 radical (unpaired) electrons. The molecule has 0 unspecified atom stereocenters. The van der Waals surface area contributed by atoms with Crippen molar-refractivity contribution in [1.29, 1.82) is 0 Å². The predicted molar refractivity (Wildman–Crippen MR) is 53.0 cm³/mol. The van der Waals surface area contributed by atoms with Crippen LogP contribution < -0.4 is 16.2 Å². The molecule has 3 heterocycles. The van der Waals surface area contributed by atoms with Crippen LogP contribution in [0.1, 0.15) is 22.4 Å². The summed E-state index contributed by atoms with van der Waals surface area (Å²) in [6.45, 7) is 3.44. The Bertz CT molecular complexity index is 436. The summed E-state index contributed by atoms with van der Waals surface area (Å²) in [6, 6.07) is 0. The first-order valence-electron chi connectivity index (χ1n) is 5.03. The number of rotatable bonds is 0. The molecule has 0 saturated heterocycles. The van der Waals surface area contributed by atoms with E-state index in [1.807, 2.05) is 0 Å². The molecule has 2 aliphatic rings. The van der Waals surface area contributed by atoms with Crippen LogP contribution in [-0.4, -0.2) is 11.5 Å². The summed E-state index contributed by atoms with van der Waals surface area (Å²) in [5.41, 5.74) is 4.72. The van der Waals surface area contributed by atoms with Crippen molar-refractivity contribution in [2.24, 2.45) is 0 Å². The van der Waals surface area contributed by atoms with Gasteiger partial charge in [-0.25, -0.2) is 0 Å². The van der Waals surface area contributed by atoms with Gasteiger partial charge in [0.1, 0.15) is 0 Å². The summed E-state index contributed by atoms with van der Waals surface area (Å²) in [6.07, 6.45) is 0.942. The van der Waals surface area contributed by atoms with Crippen LogP contribution >= 0.6 is 0 Å². The van der Waals surface area contributed by atoms with E-state index in [-0.39, 0.29) is 5.56 Å². The highest BCUT2D eigenvalue weighted by Crippen LogP contribution is 2.20. The average Bonchev–Trinajstić information content (AvgIpc) is 2.67. The minimum Gasteiger partial charge on any atom is -0.326 e. The van der Waals surface area contributed by atoms with E-state index in [1.165, 1.54) is 11.1 Å². The number of fused-ring (bicyclic) bond motifs is 3. The summed E-state index contributed by atoms with van der Waals surface area (Å²) in [4.78, 5) is 14.7. The van der Waals surface area contributed by atoms with Gasteiger partial charge in [0.25, 0.3) is 5.56 Å². The quantitative estimate of drug-likeness (QED) is 0.524. The summed E-state index contributed by atoms with van der Waals surface area (Å²) in [5, 5.41) is 6.57. The van der Waals surface area contributed by atoms with E-state index in [4.69, 9.17) is 0 Å². The van der Waals surface area contributed by atoms with E-state index in [1.54, 1.807) is 0 Å². The lowest BCUT2D eigenvalue weighted by Crippen LogP contribution is -2.29. The number of pyridine rings is 1. The van der Waals surface area contributed by atoms with E-state index in [0.29, 0.717) is 0 Å². The van der Waals surface area contributed by atoms with Gasteiger partial charge in [0.15, 0.2) is 0 Å². The second-order valence-corrected chi connectivity index (χ2v) is 3.90. The van der Waals surface area contributed by atoms with Crippen LogP contribution in [-0.2, 0) is 26.1 Å². The summed E-state index contributed by atoms with van der Waals surface area (Å²) in [5.74, 6) is 0. The Balaban J connectivity index is 2.27. The Morgan fingerprint density at radius 3 is 2.64 bits per heavy atom. The van der Waals surface area contributed by atoms with Crippen LogP contribution in [0.4, 0.5) is 0 Å². The predicted octanol–water partition coefficient (Wildman–Crippen LogP) is -0.376. The Labute approximate surface area is 81.7 Å². The highest BCUT2D eigenvalue weighted by atomic mass is 16.1. The maximum Gasteiger partial charge on any atom is 0.252 e. The fourth-order valence-electron chi connectivity index (χ4n) is 2.36. The maximum atomic E-state index is 11.7. The third-order valence-electron chi connectivity index (χ3n) is 3.09. The Kier molecular flexibility index (Phi) is 1.72. The monoisotopic (exact) mass is 191 g/mol. The molecule has 0 aliphatic carbocycles. The summed E-state index contributed by atoms with van der Waals surface area (Å²) in [7, 11) is 0. The zero-order valence-corrected chi connectivity index (χ0v) is 7.94. The first kappa shape index (κ1) is 8.20. The molecular weight excluding hydrogens is 178 g/mol. The van der Waals surface area contributed by atoms with Crippen LogP contribution in [0.15, 0.2) is 4.79 Å². The number of nitrogens with one attached hydrogen (secondary N) is 3. The zero-order valence-electron chi connectivity index (χ0n) is 7.94. The molecule has 4 nitrogen and oxygen atoms in total. The van der Waals surface area contributed by atoms with Gasteiger partial charge in [0, 0.05) is 43.9 Å². The first-order chi connectivity index (χ1) is 6.86. The SMILES string of the molecule is O=c1[nH]c2c(c3c1CNC3)CNCC2. The third kappa shape index (κ3) is 1.04. The number of H-pyrrole nitrogens is 1. The van der Waals surface area contributed by atoms with Gasteiger partial charge in [0.2, 0.25) is 0 Å². The minimum absolute atomic E-state index is 0.102. The van der Waals surface area contributed by atoms with Crippen molar-refractivity contribution in [2.45, 2.75) is 26.1 Å². The average molecular weight is 191 g/mol. The zero-order chi connectivity index (χ0) is 9.54. The fourth-order valence-corrected chi connectivity index (χ4v) is 2.36. The summed E-state index contributed by atoms with van der Waals surface area (Å²) < 4.78 is 0. The van der Waals surface area contributed by atoms with Gasteiger partial charge in [0.05, 0.1) is 0 Å². The molecule has 2 aliphatic heterocycles. The van der Waals surface area contributed by atoms with Crippen molar-refractivity contribution in [3.05, 3.63) is 32.7 Å². The first-order valence-corrected chi connectivity index (χ1v) is 5.03. The lowest BCUT2D eigenvalue weighted by atomic mass is 9.99. The molecule has 14 heavy (non-hydrogen) atoms. The van der Waals surface area contributed by atoms with Crippen molar-refractivity contribution in [2.75, 3.05) is 6.54 Å². The largest absolute Gasteiger partial charge is 0.326 e. The molecular formula is C10H13N3O. The number of hydrogen-bond donors (Lipinski definition) is 3. The Morgan fingerprint density at radius 2 is 1.71 bits per heavy atom. The standard InChI is InChI=1S/C10H13N3O/c14-10-8-5-12-3-6(8)7-4-11-2-1-9(7)13-10/h11-12H,1-5H2,(H,13,14). The van der Waals surface area contributed by atoms with Crippen LogP contribution in [0.2, 0.25) is 0 Å². The van der Waals surface area contributed by atoms with Gasteiger partial charge in [-0.1, -0.05) is 0 Å². The van der Waals surface area contributed by atoms with Crippen molar-refractivity contribution < 1.29 is 0 Å². The second kappa shape index (κ2) is 2.93. The lowest BCUT2D eigenvalue weighted by Gasteiger charge is -2.19. The summed E-state index contributed by atoms with van der Waals surface area (Å²) >= 11 is 0. The van der Waals surface area contributed by atoms with E-state index in [0.717, 1.165) is 43.9 Å². The number of hydrogen-bond acceptors (Lipinski definition) is 3. The van der Waals surface area contributed by atoms with Crippen LogP contribution in [0.5, 0.6) is 0 Å². The molecule has 4 heteroatoms. The van der Waals surface area contributed by atoms with Gasteiger partial charge in [-0.2, -0.15) is 0 Å². The highest BCUT2D eigenvalue weighted by Gasteiger charge is 2.22. The smallest absolute Gasteiger partial charge is 0.252 e. The molecule has 0 aromatic carbocycles. The highest BCUT2D eigenvalue weighted by molar-refractivity contribution is 5.40. The molecule has 1 aromatic heterocycles. The molecule has 0 saturated carbocycles. The second-order valence-electron chi connectivity index (χ2n) is 3.90. The fraction of sp³-hybridized carbons (Fsp3) is 0.500. The molecule has 3 N–H and O–H groups in total. The van der Waals surface area contributed by atoms with Crippen LogP contribution in [0.25, 0.3) is 0 Å². The van der Waals surface area contributed by atoms with E-state index in [9.17, 15) is 4.79 Å². The van der Waals surface area contributed by atoms with Gasteiger partial charge < -0.3 is 15.6 Å². The van der Waals surface area contributed by atoms with Gasteiger partial charge in [-0.3, -0.25) is 4.79 Å². The van der Waals surface area contributed by atoms with E-state index in [2.05, 4.69) is 15.6 Å². The lowest BCUT2D eigenvalue weighted by molar-refractivity contribution is 0.621. The van der Waals surface area contributed by atoms with Gasteiger partial charge in [-0.05, 0) is 11.1 Å². The van der Waals surface area contributed by atoms with Gasteiger partial charge in [-0.15, -0.1) is 0 Å². The molecule has 1 aromatic rings. The third-order valence-corrected chi connectivity index (χ3v) is 3.09. The van der Waals surface area contributed by atoms with Crippen LogP contribution in [0.3, 0.4) is 0 Å². The van der Waals surface area contributed by atoms with Crippen LogP contribution in [0, 0.1) is 0 Å². The van der Waals surface area contributed by atoms with E-state index >= 15 is 0 Å². The Hall–Kier alpha value is -1.13.